The van der Waals surface area contributed by atoms with Crippen LogP contribution < -0.4 is 0 Å². The largest absolute Gasteiger partial charge is 0.477 e. The van der Waals surface area contributed by atoms with Crippen LogP contribution in [-0.4, -0.2) is 39.2 Å². The number of aromatic carboxylic acids is 1. The molecule has 1 aromatic heterocycles. The molecule has 0 atom stereocenters. The zero-order chi connectivity index (χ0) is 14.9. The minimum Gasteiger partial charge on any atom is -0.477 e. The van der Waals surface area contributed by atoms with Gasteiger partial charge in [0.1, 0.15) is 5.60 Å². The number of carbonyl (C=O) groups is 2. The molecule has 0 saturated carbocycles. The van der Waals surface area contributed by atoms with Crippen molar-refractivity contribution in [3.05, 3.63) is 29.1 Å². The van der Waals surface area contributed by atoms with Gasteiger partial charge in [0.05, 0.1) is 0 Å². The Hall–Kier alpha value is -2.11. The molecule has 1 aliphatic heterocycles. The monoisotopic (exact) mass is 278 g/mol. The number of carboxylic acid groups (broad SMARTS) is 1. The number of aromatic nitrogens is 1. The van der Waals surface area contributed by atoms with Crippen LogP contribution in [0.1, 0.15) is 42.4 Å². The topological polar surface area (TPSA) is 79.7 Å². The first-order valence-electron chi connectivity index (χ1n) is 6.46. The Balaban J connectivity index is 2.18. The van der Waals surface area contributed by atoms with E-state index in [1.54, 1.807) is 11.0 Å². The lowest BCUT2D eigenvalue weighted by molar-refractivity contribution is 0.0223. The van der Waals surface area contributed by atoms with Crippen LogP contribution in [-0.2, 0) is 17.7 Å². The van der Waals surface area contributed by atoms with E-state index in [0.29, 0.717) is 25.1 Å². The molecule has 6 heteroatoms. The van der Waals surface area contributed by atoms with Gasteiger partial charge in [-0.2, -0.15) is 0 Å². The van der Waals surface area contributed by atoms with E-state index in [2.05, 4.69) is 4.98 Å². The van der Waals surface area contributed by atoms with E-state index in [-0.39, 0.29) is 11.8 Å². The number of pyridine rings is 1. The molecule has 0 aliphatic carbocycles. The molecule has 6 nitrogen and oxygen atoms in total. The Bertz CT molecular complexity index is 549. The molecule has 108 valence electrons. The molecular formula is C14H18N2O4. The maximum atomic E-state index is 12.0. The summed E-state index contributed by atoms with van der Waals surface area (Å²) in [5.74, 6) is -1.03. The molecule has 0 bridgehead atoms. The zero-order valence-electron chi connectivity index (χ0n) is 11.8. The highest BCUT2D eigenvalue weighted by Gasteiger charge is 2.28. The van der Waals surface area contributed by atoms with Crippen molar-refractivity contribution in [1.82, 2.24) is 9.88 Å². The number of carbonyl (C=O) groups excluding carboxylic acids is 1. The minimum absolute atomic E-state index is 0.0753. The quantitative estimate of drug-likeness (QED) is 0.850. The van der Waals surface area contributed by atoms with Crippen molar-refractivity contribution in [3.8, 4) is 0 Å². The summed E-state index contributed by atoms with van der Waals surface area (Å²) in [6.45, 7) is 6.24. The highest BCUT2D eigenvalue weighted by atomic mass is 16.6. The lowest BCUT2D eigenvalue weighted by Gasteiger charge is -2.31. The van der Waals surface area contributed by atoms with E-state index in [4.69, 9.17) is 9.84 Å². The van der Waals surface area contributed by atoms with Gasteiger partial charge in [-0.15, -0.1) is 0 Å². The summed E-state index contributed by atoms with van der Waals surface area (Å²) in [5, 5.41) is 9.10. The normalized spacial score (nSPS) is 14.7. The predicted molar refractivity (Wildman–Crippen MR) is 71.5 cm³/mol. The number of ether oxygens (including phenoxy) is 1. The van der Waals surface area contributed by atoms with Crippen LogP contribution >= 0.6 is 0 Å². The van der Waals surface area contributed by atoms with E-state index < -0.39 is 11.6 Å². The van der Waals surface area contributed by atoms with Crippen molar-refractivity contribution < 1.29 is 19.4 Å². The molecule has 1 amide bonds. The first-order valence-corrected chi connectivity index (χ1v) is 6.46. The maximum Gasteiger partial charge on any atom is 0.410 e. The second kappa shape index (κ2) is 5.11. The molecule has 2 heterocycles. The summed E-state index contributed by atoms with van der Waals surface area (Å²) in [5.41, 5.74) is 1.06. The Morgan fingerprint density at radius 2 is 2.10 bits per heavy atom. The second-order valence-corrected chi connectivity index (χ2v) is 5.75. The number of amides is 1. The van der Waals surface area contributed by atoms with Gasteiger partial charge in [-0.3, -0.25) is 0 Å². The highest BCUT2D eigenvalue weighted by Crippen LogP contribution is 2.22. The highest BCUT2D eigenvalue weighted by molar-refractivity contribution is 5.87. The zero-order valence-corrected chi connectivity index (χ0v) is 11.8. The lowest BCUT2D eigenvalue weighted by atomic mass is 9.99. The van der Waals surface area contributed by atoms with Gasteiger partial charge in [0.15, 0.2) is 5.69 Å². The van der Waals surface area contributed by atoms with Crippen LogP contribution in [0.2, 0.25) is 0 Å². The number of hydrogen-bond acceptors (Lipinski definition) is 4. The molecular weight excluding hydrogens is 260 g/mol. The Labute approximate surface area is 117 Å². The molecule has 1 N–H and O–H groups in total. The predicted octanol–water partition coefficient (Wildman–Crippen LogP) is 2.07. The van der Waals surface area contributed by atoms with Crippen molar-refractivity contribution in [1.29, 1.82) is 0 Å². The summed E-state index contributed by atoms with van der Waals surface area (Å²) < 4.78 is 5.32. The summed E-state index contributed by atoms with van der Waals surface area (Å²) in [6.07, 6.45) is 1.56. The van der Waals surface area contributed by atoms with E-state index in [1.807, 2.05) is 20.8 Å². The lowest BCUT2D eigenvalue weighted by Crippen LogP contribution is -2.40. The van der Waals surface area contributed by atoms with Crippen LogP contribution in [0, 0.1) is 0 Å². The first kappa shape index (κ1) is 14.3. The van der Waals surface area contributed by atoms with Gasteiger partial charge in [-0.25, -0.2) is 14.6 Å². The summed E-state index contributed by atoms with van der Waals surface area (Å²) >= 11 is 0. The van der Waals surface area contributed by atoms with Gasteiger partial charge < -0.3 is 14.7 Å². The van der Waals surface area contributed by atoms with E-state index in [1.165, 1.54) is 6.20 Å². The van der Waals surface area contributed by atoms with E-state index >= 15 is 0 Å². The third-order valence-electron chi connectivity index (χ3n) is 3.00. The van der Waals surface area contributed by atoms with Crippen molar-refractivity contribution in [2.24, 2.45) is 0 Å². The Kier molecular flexibility index (Phi) is 3.65. The minimum atomic E-state index is -1.03. The fourth-order valence-corrected chi connectivity index (χ4v) is 2.16. The second-order valence-electron chi connectivity index (χ2n) is 5.75. The van der Waals surface area contributed by atoms with Crippen molar-refractivity contribution in [2.45, 2.75) is 39.3 Å². The summed E-state index contributed by atoms with van der Waals surface area (Å²) in [4.78, 5) is 28.6. The fourth-order valence-electron chi connectivity index (χ4n) is 2.16. The molecule has 0 aromatic carbocycles. The fraction of sp³-hybridized carbons (Fsp3) is 0.500. The van der Waals surface area contributed by atoms with E-state index in [0.717, 1.165) is 5.56 Å². The molecule has 20 heavy (non-hydrogen) atoms. The molecule has 0 unspecified atom stereocenters. The van der Waals surface area contributed by atoms with Gasteiger partial charge in [-0.05, 0) is 44.4 Å². The van der Waals surface area contributed by atoms with E-state index in [9.17, 15) is 9.59 Å². The molecule has 1 aromatic rings. The maximum absolute atomic E-state index is 12.0. The standard InChI is InChI=1S/C14H18N2O4/c1-14(2,3)20-13(19)16-7-5-10-9(8-16)4-6-15-11(10)12(17)18/h4,6H,5,7-8H2,1-3H3,(H,17,18). The number of rotatable bonds is 1. The molecule has 2 rings (SSSR count). The molecule has 0 spiro atoms. The van der Waals surface area contributed by atoms with Crippen LogP contribution in [0.5, 0.6) is 0 Å². The first-order chi connectivity index (χ1) is 9.28. The van der Waals surface area contributed by atoms with Crippen LogP contribution in [0.4, 0.5) is 4.79 Å². The van der Waals surface area contributed by atoms with Gasteiger partial charge in [0, 0.05) is 19.3 Å². The smallest absolute Gasteiger partial charge is 0.410 e. The third-order valence-corrected chi connectivity index (χ3v) is 3.00. The molecule has 1 aliphatic rings. The summed E-state index contributed by atoms with van der Waals surface area (Å²) in [6, 6.07) is 1.75. The molecule has 0 saturated heterocycles. The van der Waals surface area contributed by atoms with Crippen molar-refractivity contribution in [3.63, 3.8) is 0 Å². The molecule has 0 fully saturated rings. The van der Waals surface area contributed by atoms with Crippen LogP contribution in [0.3, 0.4) is 0 Å². The Morgan fingerprint density at radius 3 is 2.70 bits per heavy atom. The van der Waals surface area contributed by atoms with Crippen molar-refractivity contribution >= 4 is 12.1 Å². The van der Waals surface area contributed by atoms with Gasteiger partial charge in [-0.1, -0.05) is 0 Å². The number of carboxylic acids is 1. The number of hydrogen-bond donors (Lipinski definition) is 1. The number of nitrogens with zero attached hydrogens (tertiary/aromatic N) is 2. The summed E-state index contributed by atoms with van der Waals surface area (Å²) in [7, 11) is 0. The van der Waals surface area contributed by atoms with Crippen LogP contribution in [0.15, 0.2) is 12.3 Å². The van der Waals surface area contributed by atoms with Crippen LogP contribution in [0.25, 0.3) is 0 Å². The SMILES string of the molecule is CC(C)(C)OC(=O)N1CCc2c(ccnc2C(=O)O)C1. The number of fused-ring (bicyclic) bond motifs is 1. The Morgan fingerprint density at radius 1 is 1.40 bits per heavy atom. The third kappa shape index (κ3) is 3.07. The average Bonchev–Trinajstić information content (AvgIpc) is 2.35. The molecule has 0 radical (unpaired) electrons. The van der Waals surface area contributed by atoms with Gasteiger partial charge in [0.25, 0.3) is 0 Å². The van der Waals surface area contributed by atoms with Gasteiger partial charge >= 0.3 is 12.1 Å². The average molecular weight is 278 g/mol. The van der Waals surface area contributed by atoms with Gasteiger partial charge in [0.2, 0.25) is 0 Å². The van der Waals surface area contributed by atoms with Crippen molar-refractivity contribution in [2.75, 3.05) is 6.54 Å².